The molecular formula is C13H21ClN2O. The average Bonchev–Trinajstić information content (AvgIpc) is 2.38. The second-order valence-corrected chi connectivity index (χ2v) is 4.56. The molecule has 3 nitrogen and oxygen atoms in total. The Balaban J connectivity index is 0.00000144. The third kappa shape index (κ3) is 4.52. The van der Waals surface area contributed by atoms with Crippen LogP contribution in [0.1, 0.15) is 32.1 Å². The predicted molar refractivity (Wildman–Crippen MR) is 72.6 cm³/mol. The summed E-state index contributed by atoms with van der Waals surface area (Å²) in [6, 6.07) is 5.76. The molecule has 2 N–H and O–H groups in total. The maximum absolute atomic E-state index is 10.0. The fourth-order valence-electron chi connectivity index (χ4n) is 2.36. The Bertz CT molecular complexity index is 302. The van der Waals surface area contributed by atoms with Crippen LogP contribution >= 0.6 is 12.4 Å². The van der Waals surface area contributed by atoms with E-state index < -0.39 is 0 Å². The van der Waals surface area contributed by atoms with Gasteiger partial charge >= 0.3 is 0 Å². The van der Waals surface area contributed by atoms with Gasteiger partial charge in [-0.3, -0.25) is 0 Å². The van der Waals surface area contributed by atoms with Gasteiger partial charge in [-0.2, -0.15) is 0 Å². The Labute approximate surface area is 109 Å². The van der Waals surface area contributed by atoms with Crippen LogP contribution in [-0.2, 0) is 0 Å². The molecule has 0 aromatic carbocycles. The molecule has 1 aromatic heterocycles. The Morgan fingerprint density at radius 3 is 2.71 bits per heavy atom. The Hall–Kier alpha value is -0.800. The number of rotatable bonds is 4. The van der Waals surface area contributed by atoms with Crippen molar-refractivity contribution in [3.8, 4) is 0 Å². The fourth-order valence-corrected chi connectivity index (χ4v) is 2.36. The molecule has 1 heterocycles. The van der Waals surface area contributed by atoms with Crippen molar-refractivity contribution in [3.63, 3.8) is 0 Å². The normalized spacial score (nSPS) is 18.2. The molecular weight excluding hydrogens is 236 g/mol. The molecule has 1 fully saturated rings. The van der Waals surface area contributed by atoms with Gasteiger partial charge in [-0.05, 0) is 30.9 Å². The maximum Gasteiger partial charge on any atom is 0.125 e. The van der Waals surface area contributed by atoms with E-state index in [0.29, 0.717) is 12.5 Å². The summed E-state index contributed by atoms with van der Waals surface area (Å²) >= 11 is 0. The summed E-state index contributed by atoms with van der Waals surface area (Å²) in [7, 11) is 0. The summed E-state index contributed by atoms with van der Waals surface area (Å²) in [4.78, 5) is 4.17. The van der Waals surface area contributed by atoms with Crippen molar-refractivity contribution in [1.82, 2.24) is 4.98 Å². The first-order chi connectivity index (χ1) is 7.86. The van der Waals surface area contributed by atoms with Gasteiger partial charge < -0.3 is 10.4 Å². The standard InChI is InChI=1S/C13H20N2O.ClH/c16-12(11-6-2-1-3-7-11)10-15-13-8-4-5-9-14-13;/h4-5,8-9,11-12,16H,1-3,6-7,10H2,(H,14,15);1H. The van der Waals surface area contributed by atoms with E-state index in [1.54, 1.807) is 6.20 Å². The molecule has 0 amide bonds. The van der Waals surface area contributed by atoms with Crippen LogP contribution < -0.4 is 5.32 Å². The van der Waals surface area contributed by atoms with Crippen LogP contribution in [0.15, 0.2) is 24.4 Å². The summed E-state index contributed by atoms with van der Waals surface area (Å²) in [5, 5.41) is 13.2. The van der Waals surface area contributed by atoms with Crippen LogP contribution in [-0.4, -0.2) is 22.7 Å². The molecule has 1 atom stereocenters. The number of aliphatic hydroxyl groups is 1. The highest BCUT2D eigenvalue weighted by Gasteiger charge is 2.21. The van der Waals surface area contributed by atoms with E-state index in [1.165, 1.54) is 32.1 Å². The van der Waals surface area contributed by atoms with Gasteiger partial charge in [0.1, 0.15) is 5.82 Å². The van der Waals surface area contributed by atoms with Gasteiger partial charge in [0.15, 0.2) is 0 Å². The molecule has 0 bridgehead atoms. The molecule has 17 heavy (non-hydrogen) atoms. The van der Waals surface area contributed by atoms with Gasteiger partial charge in [0.05, 0.1) is 6.10 Å². The van der Waals surface area contributed by atoms with Crippen molar-refractivity contribution in [3.05, 3.63) is 24.4 Å². The number of aromatic nitrogens is 1. The highest BCUT2D eigenvalue weighted by molar-refractivity contribution is 5.85. The lowest BCUT2D eigenvalue weighted by atomic mass is 9.85. The first-order valence-electron chi connectivity index (χ1n) is 6.19. The van der Waals surface area contributed by atoms with Crippen LogP contribution in [0.4, 0.5) is 5.82 Å². The lowest BCUT2D eigenvalue weighted by Crippen LogP contribution is -2.30. The molecule has 1 aliphatic rings. The summed E-state index contributed by atoms with van der Waals surface area (Å²) in [6.07, 6.45) is 7.74. The fraction of sp³-hybridized carbons (Fsp3) is 0.615. The van der Waals surface area contributed by atoms with E-state index in [0.717, 1.165) is 5.82 Å². The van der Waals surface area contributed by atoms with Gasteiger partial charge in [-0.25, -0.2) is 4.98 Å². The van der Waals surface area contributed by atoms with Crippen molar-refractivity contribution in [2.45, 2.75) is 38.2 Å². The molecule has 1 saturated carbocycles. The number of pyridine rings is 1. The van der Waals surface area contributed by atoms with Gasteiger partial charge in [-0.15, -0.1) is 12.4 Å². The lowest BCUT2D eigenvalue weighted by Gasteiger charge is -2.26. The molecule has 0 spiro atoms. The molecule has 1 aliphatic carbocycles. The van der Waals surface area contributed by atoms with Gasteiger partial charge in [-0.1, -0.05) is 25.3 Å². The highest BCUT2D eigenvalue weighted by atomic mass is 35.5. The zero-order valence-corrected chi connectivity index (χ0v) is 10.8. The molecule has 2 rings (SSSR count). The number of anilines is 1. The molecule has 1 unspecified atom stereocenters. The summed E-state index contributed by atoms with van der Waals surface area (Å²) in [5.74, 6) is 1.32. The quantitative estimate of drug-likeness (QED) is 0.871. The Morgan fingerprint density at radius 2 is 2.06 bits per heavy atom. The maximum atomic E-state index is 10.0. The van der Waals surface area contributed by atoms with Crippen molar-refractivity contribution >= 4 is 18.2 Å². The summed E-state index contributed by atoms with van der Waals surface area (Å²) in [6.45, 7) is 0.613. The first kappa shape index (κ1) is 14.3. The minimum absolute atomic E-state index is 0. The van der Waals surface area contributed by atoms with E-state index in [9.17, 15) is 5.11 Å². The van der Waals surface area contributed by atoms with Crippen molar-refractivity contribution < 1.29 is 5.11 Å². The topological polar surface area (TPSA) is 45.1 Å². The Kier molecular flexibility index (Phi) is 6.30. The molecule has 1 aromatic rings. The van der Waals surface area contributed by atoms with Crippen LogP contribution in [0, 0.1) is 5.92 Å². The number of halogens is 1. The van der Waals surface area contributed by atoms with Crippen molar-refractivity contribution in [1.29, 1.82) is 0 Å². The molecule has 4 heteroatoms. The van der Waals surface area contributed by atoms with Crippen molar-refractivity contribution in [2.75, 3.05) is 11.9 Å². The van der Waals surface area contributed by atoms with Gasteiger partial charge in [0.2, 0.25) is 0 Å². The monoisotopic (exact) mass is 256 g/mol. The van der Waals surface area contributed by atoms with Crippen LogP contribution in [0.2, 0.25) is 0 Å². The number of hydrogen-bond donors (Lipinski definition) is 2. The van der Waals surface area contributed by atoms with Crippen LogP contribution in [0.5, 0.6) is 0 Å². The average molecular weight is 257 g/mol. The minimum atomic E-state index is -0.234. The lowest BCUT2D eigenvalue weighted by molar-refractivity contribution is 0.0956. The SMILES string of the molecule is Cl.OC(CNc1ccccn1)C1CCCCC1. The number of aliphatic hydroxyl groups excluding tert-OH is 1. The second kappa shape index (κ2) is 7.51. The van der Waals surface area contributed by atoms with E-state index >= 15 is 0 Å². The zero-order chi connectivity index (χ0) is 11.2. The van der Waals surface area contributed by atoms with E-state index in [2.05, 4.69) is 10.3 Å². The first-order valence-corrected chi connectivity index (χ1v) is 6.19. The number of hydrogen-bond acceptors (Lipinski definition) is 3. The van der Waals surface area contributed by atoms with Gasteiger partial charge in [0, 0.05) is 12.7 Å². The Morgan fingerprint density at radius 1 is 1.29 bits per heavy atom. The smallest absolute Gasteiger partial charge is 0.125 e. The minimum Gasteiger partial charge on any atom is -0.391 e. The van der Waals surface area contributed by atoms with Crippen LogP contribution in [0.3, 0.4) is 0 Å². The number of nitrogens with one attached hydrogen (secondary N) is 1. The summed E-state index contributed by atoms with van der Waals surface area (Å²) in [5.41, 5.74) is 0. The zero-order valence-electron chi connectivity index (χ0n) is 10.0. The van der Waals surface area contributed by atoms with Crippen LogP contribution in [0.25, 0.3) is 0 Å². The highest BCUT2D eigenvalue weighted by Crippen LogP contribution is 2.26. The van der Waals surface area contributed by atoms with E-state index in [4.69, 9.17) is 0 Å². The van der Waals surface area contributed by atoms with E-state index in [-0.39, 0.29) is 18.5 Å². The predicted octanol–water partition coefficient (Wildman–Crippen LogP) is 2.86. The molecule has 96 valence electrons. The third-order valence-corrected chi connectivity index (χ3v) is 3.35. The largest absolute Gasteiger partial charge is 0.391 e. The molecule has 0 saturated heterocycles. The molecule has 0 aliphatic heterocycles. The number of nitrogens with zero attached hydrogens (tertiary/aromatic N) is 1. The van der Waals surface area contributed by atoms with Gasteiger partial charge in [0.25, 0.3) is 0 Å². The summed E-state index contributed by atoms with van der Waals surface area (Å²) < 4.78 is 0. The second-order valence-electron chi connectivity index (χ2n) is 4.56. The van der Waals surface area contributed by atoms with E-state index in [1.807, 2.05) is 18.2 Å². The van der Waals surface area contributed by atoms with Crippen molar-refractivity contribution in [2.24, 2.45) is 5.92 Å². The molecule has 0 radical (unpaired) electrons. The third-order valence-electron chi connectivity index (χ3n) is 3.35.